The number of amides is 1. The quantitative estimate of drug-likeness (QED) is 0.110. The molecule has 218 valence electrons. The van der Waals surface area contributed by atoms with E-state index in [0.29, 0.717) is 16.8 Å². The number of fused-ring (bicyclic) bond motifs is 2. The van der Waals surface area contributed by atoms with Crippen molar-refractivity contribution in [2.24, 2.45) is 20.5 Å². The average Bonchev–Trinajstić information content (AvgIpc) is 2.95. The number of carbonyl (C=O) groups excluding carboxylic acids is 1. The molecule has 0 heterocycles. The number of phenolic OH excluding ortho intramolecular Hbond substituents is 1. The molecule has 4 N–H and O–H groups in total. The first-order valence-electron chi connectivity index (χ1n) is 12.3. The van der Waals surface area contributed by atoms with Gasteiger partial charge in [-0.3, -0.25) is 13.9 Å². The Hall–Kier alpha value is -5.09. The highest BCUT2D eigenvalue weighted by atomic mass is 32.2. The molecule has 1 amide bonds. The zero-order valence-corrected chi connectivity index (χ0v) is 23.7. The lowest BCUT2D eigenvalue weighted by atomic mass is 10.1. The van der Waals surface area contributed by atoms with E-state index in [1.165, 1.54) is 49.4 Å². The third kappa shape index (κ3) is 6.24. The molecule has 0 saturated carbocycles. The zero-order chi connectivity index (χ0) is 30.9. The lowest BCUT2D eigenvalue weighted by molar-refractivity contribution is -0.114. The fraction of sp³-hybridized carbons (Fsp3) is 0.0357. The van der Waals surface area contributed by atoms with Crippen LogP contribution in [0.25, 0.3) is 21.5 Å². The number of benzene rings is 5. The lowest BCUT2D eigenvalue weighted by Crippen LogP contribution is -2.07. The highest BCUT2D eigenvalue weighted by molar-refractivity contribution is 7.86. The maximum absolute atomic E-state index is 11.9. The van der Waals surface area contributed by atoms with Crippen molar-refractivity contribution in [1.29, 1.82) is 0 Å². The minimum absolute atomic E-state index is 0.0563. The van der Waals surface area contributed by atoms with E-state index in [9.17, 15) is 35.8 Å². The van der Waals surface area contributed by atoms with Crippen molar-refractivity contribution >= 4 is 76.1 Å². The van der Waals surface area contributed by atoms with Crippen LogP contribution in [0.5, 0.6) is 5.75 Å². The predicted octanol–water partition coefficient (Wildman–Crippen LogP) is 6.98. The molecular formula is C28H21N5O8S2. The minimum Gasteiger partial charge on any atom is -0.505 e. The summed E-state index contributed by atoms with van der Waals surface area (Å²) in [5.41, 5.74) is 0.995. The number of anilines is 1. The number of azo groups is 2. The summed E-state index contributed by atoms with van der Waals surface area (Å²) in [5, 5.41) is 30.8. The van der Waals surface area contributed by atoms with Crippen molar-refractivity contribution in [2.75, 3.05) is 5.32 Å². The zero-order valence-electron chi connectivity index (χ0n) is 22.1. The van der Waals surface area contributed by atoms with Crippen LogP contribution < -0.4 is 5.32 Å². The predicted molar refractivity (Wildman–Crippen MR) is 158 cm³/mol. The maximum atomic E-state index is 11.9. The third-order valence-electron chi connectivity index (χ3n) is 6.22. The maximum Gasteiger partial charge on any atom is 0.295 e. The van der Waals surface area contributed by atoms with Gasteiger partial charge >= 0.3 is 0 Å². The minimum atomic E-state index is -4.69. The van der Waals surface area contributed by atoms with Gasteiger partial charge in [-0.05, 0) is 54.6 Å². The molecule has 0 bridgehead atoms. The number of aromatic hydroxyl groups is 1. The first kappa shape index (κ1) is 29.4. The third-order valence-corrected chi connectivity index (χ3v) is 7.98. The molecule has 0 saturated heterocycles. The van der Waals surface area contributed by atoms with Gasteiger partial charge in [-0.2, -0.15) is 21.9 Å². The second-order valence-electron chi connectivity index (χ2n) is 9.15. The van der Waals surface area contributed by atoms with E-state index in [1.807, 2.05) is 6.07 Å². The van der Waals surface area contributed by atoms with E-state index < -0.39 is 41.7 Å². The topological polar surface area (TPSA) is 208 Å². The van der Waals surface area contributed by atoms with Gasteiger partial charge in [-0.25, -0.2) is 0 Å². The molecule has 0 aromatic heterocycles. The average molecular weight is 620 g/mol. The Morgan fingerprint density at radius 3 is 1.93 bits per heavy atom. The Balaban J connectivity index is 1.66. The van der Waals surface area contributed by atoms with E-state index >= 15 is 0 Å². The Labute approximate surface area is 244 Å². The van der Waals surface area contributed by atoms with E-state index in [4.69, 9.17) is 0 Å². The van der Waals surface area contributed by atoms with Gasteiger partial charge in [0.2, 0.25) is 5.91 Å². The molecule has 5 aromatic rings. The molecule has 0 aliphatic rings. The summed E-state index contributed by atoms with van der Waals surface area (Å²) >= 11 is 0. The van der Waals surface area contributed by atoms with Gasteiger partial charge in [0.05, 0.1) is 33.0 Å². The van der Waals surface area contributed by atoms with Gasteiger partial charge in [-0.1, -0.05) is 30.3 Å². The molecule has 5 aromatic carbocycles. The SMILES string of the molecule is CC(=O)Nc1ccc(S(=O)(=O)O)c2ccc(N=Nc3ccc(N=Nc4ccccc4)c4ccc(S(=O)(=O)O)cc34)c(O)c12. The van der Waals surface area contributed by atoms with E-state index in [0.717, 1.165) is 6.07 Å². The summed E-state index contributed by atoms with van der Waals surface area (Å²) in [6.07, 6.45) is 0. The van der Waals surface area contributed by atoms with Gasteiger partial charge < -0.3 is 10.4 Å². The Kier molecular flexibility index (Phi) is 7.72. The van der Waals surface area contributed by atoms with Crippen LogP contribution in [0.4, 0.5) is 28.4 Å². The summed E-state index contributed by atoms with van der Waals surface area (Å²) in [4.78, 5) is 10.8. The van der Waals surface area contributed by atoms with Crippen LogP contribution in [-0.4, -0.2) is 37.0 Å². The summed E-state index contributed by atoms with van der Waals surface area (Å²) in [6.45, 7) is 1.22. The van der Waals surface area contributed by atoms with Crippen LogP contribution in [0.2, 0.25) is 0 Å². The molecule has 5 rings (SSSR count). The molecule has 13 nitrogen and oxygen atoms in total. The Morgan fingerprint density at radius 1 is 0.674 bits per heavy atom. The molecule has 0 radical (unpaired) electrons. The first-order chi connectivity index (χ1) is 20.3. The normalized spacial score (nSPS) is 12.4. The number of carbonyl (C=O) groups is 1. The molecule has 15 heteroatoms. The van der Waals surface area contributed by atoms with Crippen LogP contribution in [0, 0.1) is 0 Å². The van der Waals surface area contributed by atoms with Gasteiger partial charge in [-0.15, -0.1) is 15.3 Å². The molecule has 0 aliphatic carbocycles. The van der Waals surface area contributed by atoms with Crippen molar-refractivity contribution in [2.45, 2.75) is 16.7 Å². The Morgan fingerprint density at radius 2 is 1.28 bits per heavy atom. The number of nitrogens with zero attached hydrogens (tertiary/aromatic N) is 4. The van der Waals surface area contributed by atoms with Crippen LogP contribution in [0.3, 0.4) is 0 Å². The van der Waals surface area contributed by atoms with Crippen LogP contribution >= 0.6 is 0 Å². The fourth-order valence-electron chi connectivity index (χ4n) is 4.33. The number of hydrogen-bond donors (Lipinski definition) is 4. The summed E-state index contributed by atoms with van der Waals surface area (Å²) in [7, 11) is -9.27. The summed E-state index contributed by atoms with van der Waals surface area (Å²) in [5.74, 6) is -1.05. The fourth-order valence-corrected chi connectivity index (χ4v) is 5.53. The van der Waals surface area contributed by atoms with E-state index in [2.05, 4.69) is 25.8 Å². The highest BCUT2D eigenvalue weighted by Crippen LogP contribution is 2.43. The Bertz CT molecular complexity index is 2200. The van der Waals surface area contributed by atoms with Gasteiger partial charge in [0.15, 0.2) is 5.75 Å². The monoisotopic (exact) mass is 619 g/mol. The van der Waals surface area contributed by atoms with Gasteiger partial charge in [0, 0.05) is 23.1 Å². The summed E-state index contributed by atoms with van der Waals surface area (Å²) in [6, 6.07) is 20.6. The molecule has 0 aliphatic heterocycles. The van der Waals surface area contributed by atoms with Crippen LogP contribution in [0.1, 0.15) is 6.92 Å². The number of nitrogens with one attached hydrogen (secondary N) is 1. The van der Waals surface area contributed by atoms with Crippen LogP contribution in [0.15, 0.2) is 115 Å². The van der Waals surface area contributed by atoms with E-state index in [1.54, 1.807) is 30.3 Å². The van der Waals surface area contributed by atoms with Crippen molar-refractivity contribution in [1.82, 2.24) is 0 Å². The lowest BCUT2D eigenvalue weighted by Gasteiger charge is -2.12. The van der Waals surface area contributed by atoms with Gasteiger partial charge in [0.1, 0.15) is 10.6 Å². The van der Waals surface area contributed by atoms with Crippen molar-refractivity contribution in [3.63, 3.8) is 0 Å². The molecular weight excluding hydrogens is 598 g/mol. The van der Waals surface area contributed by atoms with Crippen molar-refractivity contribution < 1.29 is 35.8 Å². The smallest absolute Gasteiger partial charge is 0.295 e. The second kappa shape index (κ2) is 11.3. The molecule has 0 fully saturated rings. The molecule has 0 atom stereocenters. The summed E-state index contributed by atoms with van der Waals surface area (Å²) < 4.78 is 66.9. The highest BCUT2D eigenvalue weighted by Gasteiger charge is 2.21. The molecule has 0 unspecified atom stereocenters. The largest absolute Gasteiger partial charge is 0.505 e. The molecule has 43 heavy (non-hydrogen) atoms. The number of rotatable bonds is 7. The first-order valence-corrected chi connectivity index (χ1v) is 15.2. The number of hydrogen-bond acceptors (Lipinski definition) is 10. The second-order valence-corrected chi connectivity index (χ2v) is 12.0. The van der Waals surface area contributed by atoms with Gasteiger partial charge in [0.25, 0.3) is 20.2 Å². The number of phenols is 1. The van der Waals surface area contributed by atoms with Crippen molar-refractivity contribution in [3.8, 4) is 5.75 Å². The molecule has 0 spiro atoms. The van der Waals surface area contributed by atoms with E-state index in [-0.39, 0.29) is 33.2 Å². The van der Waals surface area contributed by atoms with Crippen molar-refractivity contribution in [3.05, 3.63) is 84.9 Å². The van der Waals surface area contributed by atoms with Crippen LogP contribution in [-0.2, 0) is 25.0 Å². The standard InChI is InChI=1S/C28H21N5O8S2/c1-16(34)29-24-13-14-26(43(39,40)41)20-9-10-25(28(35)27(20)24)33-32-23-12-11-22(31-30-17-5-3-2-4-6-17)19-8-7-18(15-21(19)23)42(36,37)38/h2-15,35H,1H3,(H,29,34)(H,36,37,38)(H,39,40,41).